The summed E-state index contributed by atoms with van der Waals surface area (Å²) in [7, 11) is -1.43. The number of benzene rings is 1. The van der Waals surface area contributed by atoms with Gasteiger partial charge in [0.05, 0.1) is 4.90 Å². The Labute approximate surface area is 126 Å². The summed E-state index contributed by atoms with van der Waals surface area (Å²) in [6.07, 6.45) is 2.43. The molecule has 0 unspecified atom stereocenters. The maximum absolute atomic E-state index is 12.1. The van der Waals surface area contributed by atoms with Crippen LogP contribution in [-0.4, -0.2) is 52.6 Å². The first kappa shape index (κ1) is 16.2. The summed E-state index contributed by atoms with van der Waals surface area (Å²) in [5.74, 6) is 0.618. The topological polar surface area (TPSA) is 84.7 Å². The van der Waals surface area contributed by atoms with E-state index in [1.54, 1.807) is 24.3 Å². The van der Waals surface area contributed by atoms with E-state index in [9.17, 15) is 8.42 Å². The van der Waals surface area contributed by atoms with Gasteiger partial charge in [0.25, 0.3) is 0 Å². The third-order valence-corrected chi connectivity index (χ3v) is 4.92. The molecule has 1 aliphatic carbocycles. The van der Waals surface area contributed by atoms with Crippen molar-refractivity contribution in [3.63, 3.8) is 0 Å². The Morgan fingerprint density at radius 2 is 2.00 bits per heavy atom. The van der Waals surface area contributed by atoms with E-state index in [4.69, 9.17) is 10.5 Å². The molecule has 118 valence electrons. The van der Waals surface area contributed by atoms with E-state index < -0.39 is 10.0 Å². The molecule has 1 saturated carbocycles. The molecule has 1 aromatic rings. The lowest BCUT2D eigenvalue weighted by Gasteiger charge is -2.15. The highest BCUT2D eigenvalue weighted by Crippen LogP contribution is 2.24. The number of likely N-dealkylation sites (N-methyl/N-ethyl adjacent to an activating group) is 1. The monoisotopic (exact) mass is 313 g/mol. The molecule has 0 saturated heterocycles. The van der Waals surface area contributed by atoms with Gasteiger partial charge in [-0.15, -0.1) is 0 Å². The molecule has 1 aromatic carbocycles. The molecule has 1 fully saturated rings. The number of rotatable bonds is 9. The van der Waals surface area contributed by atoms with Gasteiger partial charge in [-0.05, 0) is 44.2 Å². The van der Waals surface area contributed by atoms with Crippen LogP contribution in [0.15, 0.2) is 29.2 Å². The van der Waals surface area contributed by atoms with Gasteiger partial charge < -0.3 is 15.4 Å². The number of nitrogens with one attached hydrogen (secondary N) is 1. The zero-order chi connectivity index (χ0) is 15.3. The Balaban J connectivity index is 1.85. The SMILES string of the molecule is CN(CCNS(=O)(=O)c1ccc(OCCN)cc1)C1CC1. The number of nitrogens with two attached hydrogens (primary N) is 1. The maximum Gasteiger partial charge on any atom is 0.240 e. The Kier molecular flexibility index (Phi) is 5.58. The highest BCUT2D eigenvalue weighted by molar-refractivity contribution is 7.89. The smallest absolute Gasteiger partial charge is 0.240 e. The molecule has 0 heterocycles. The number of sulfonamides is 1. The molecule has 21 heavy (non-hydrogen) atoms. The zero-order valence-corrected chi connectivity index (χ0v) is 13.1. The van der Waals surface area contributed by atoms with E-state index in [0.29, 0.717) is 31.5 Å². The van der Waals surface area contributed by atoms with Crippen molar-refractivity contribution < 1.29 is 13.2 Å². The van der Waals surface area contributed by atoms with E-state index in [-0.39, 0.29) is 4.90 Å². The van der Waals surface area contributed by atoms with Gasteiger partial charge in [-0.3, -0.25) is 0 Å². The number of hydrogen-bond donors (Lipinski definition) is 2. The van der Waals surface area contributed by atoms with Crippen molar-refractivity contribution in [3.05, 3.63) is 24.3 Å². The van der Waals surface area contributed by atoms with Crippen molar-refractivity contribution in [2.45, 2.75) is 23.8 Å². The molecule has 0 spiro atoms. The average molecular weight is 313 g/mol. The summed E-state index contributed by atoms with van der Waals surface area (Å²) >= 11 is 0. The fraction of sp³-hybridized carbons (Fsp3) is 0.571. The minimum atomic E-state index is -3.46. The Morgan fingerprint density at radius 3 is 2.57 bits per heavy atom. The van der Waals surface area contributed by atoms with Crippen LogP contribution in [0.5, 0.6) is 5.75 Å². The normalized spacial score (nSPS) is 15.4. The number of nitrogens with zero attached hydrogens (tertiary/aromatic N) is 1. The van der Waals surface area contributed by atoms with Gasteiger partial charge in [-0.25, -0.2) is 13.1 Å². The predicted octanol–water partition coefficient (Wildman–Crippen LogP) is 0.397. The molecule has 3 N–H and O–H groups in total. The van der Waals surface area contributed by atoms with Crippen molar-refractivity contribution in [3.8, 4) is 5.75 Å². The van der Waals surface area contributed by atoms with Crippen LogP contribution >= 0.6 is 0 Å². The molecule has 1 aliphatic rings. The highest BCUT2D eigenvalue weighted by Gasteiger charge is 2.25. The van der Waals surface area contributed by atoms with Gasteiger partial charge in [0.2, 0.25) is 10.0 Å². The summed E-state index contributed by atoms with van der Waals surface area (Å²) in [5.41, 5.74) is 5.35. The Morgan fingerprint density at radius 1 is 1.33 bits per heavy atom. The summed E-state index contributed by atoms with van der Waals surface area (Å²) in [5, 5.41) is 0. The summed E-state index contributed by atoms with van der Waals surface area (Å²) < 4.78 is 32.2. The summed E-state index contributed by atoms with van der Waals surface area (Å²) in [6.45, 7) is 1.98. The van der Waals surface area contributed by atoms with Crippen LogP contribution in [0.4, 0.5) is 0 Å². The molecule has 0 atom stereocenters. The minimum absolute atomic E-state index is 0.247. The summed E-state index contributed by atoms with van der Waals surface area (Å²) in [4.78, 5) is 2.43. The lowest BCUT2D eigenvalue weighted by Crippen LogP contribution is -2.33. The van der Waals surface area contributed by atoms with Crippen molar-refractivity contribution >= 4 is 10.0 Å². The second-order valence-corrected chi connectivity index (χ2v) is 6.99. The van der Waals surface area contributed by atoms with Crippen molar-refractivity contribution in [1.29, 1.82) is 0 Å². The fourth-order valence-corrected chi connectivity index (χ4v) is 3.05. The first-order valence-corrected chi connectivity index (χ1v) is 8.64. The van der Waals surface area contributed by atoms with E-state index in [0.717, 1.165) is 6.54 Å². The fourth-order valence-electron chi connectivity index (χ4n) is 2.03. The van der Waals surface area contributed by atoms with Crippen LogP contribution in [-0.2, 0) is 10.0 Å². The van der Waals surface area contributed by atoms with Crippen LogP contribution in [0.3, 0.4) is 0 Å². The number of hydrogen-bond acceptors (Lipinski definition) is 5. The quantitative estimate of drug-likeness (QED) is 0.689. The van der Waals surface area contributed by atoms with Gasteiger partial charge in [0, 0.05) is 25.7 Å². The van der Waals surface area contributed by atoms with Crippen molar-refractivity contribution in [1.82, 2.24) is 9.62 Å². The second-order valence-electron chi connectivity index (χ2n) is 5.22. The maximum atomic E-state index is 12.1. The summed E-state index contributed by atoms with van der Waals surface area (Å²) in [6, 6.07) is 6.99. The second kappa shape index (κ2) is 7.22. The largest absolute Gasteiger partial charge is 0.492 e. The van der Waals surface area contributed by atoms with Crippen molar-refractivity contribution in [2.75, 3.05) is 33.3 Å². The van der Waals surface area contributed by atoms with E-state index >= 15 is 0 Å². The standard InChI is InChI=1S/C14H23N3O3S/c1-17(12-2-3-12)10-9-16-21(18,19)14-6-4-13(5-7-14)20-11-8-15/h4-7,12,16H,2-3,8-11,15H2,1H3. The molecular formula is C14H23N3O3S. The molecule has 0 amide bonds. The number of ether oxygens (including phenoxy) is 1. The molecular weight excluding hydrogens is 290 g/mol. The van der Waals surface area contributed by atoms with Crippen LogP contribution in [0, 0.1) is 0 Å². The van der Waals surface area contributed by atoms with Gasteiger partial charge in [0.1, 0.15) is 12.4 Å². The molecule has 6 nitrogen and oxygen atoms in total. The molecule has 2 rings (SSSR count). The highest BCUT2D eigenvalue weighted by atomic mass is 32.2. The third kappa shape index (κ3) is 4.96. The molecule has 7 heteroatoms. The third-order valence-electron chi connectivity index (χ3n) is 3.45. The van der Waals surface area contributed by atoms with Gasteiger partial charge >= 0.3 is 0 Å². The van der Waals surface area contributed by atoms with Gasteiger partial charge in [-0.2, -0.15) is 0 Å². The Bertz CT molecular complexity index is 541. The molecule has 0 aliphatic heterocycles. The Hall–Kier alpha value is -1.15. The van der Waals surface area contributed by atoms with Crippen LogP contribution in [0.1, 0.15) is 12.8 Å². The van der Waals surface area contributed by atoms with E-state index in [1.165, 1.54) is 12.8 Å². The zero-order valence-electron chi connectivity index (χ0n) is 12.3. The van der Waals surface area contributed by atoms with Crippen LogP contribution in [0.25, 0.3) is 0 Å². The first-order chi connectivity index (χ1) is 10.0. The molecule has 0 radical (unpaired) electrons. The van der Waals surface area contributed by atoms with Gasteiger partial charge in [-0.1, -0.05) is 0 Å². The van der Waals surface area contributed by atoms with Crippen LogP contribution < -0.4 is 15.2 Å². The van der Waals surface area contributed by atoms with E-state index in [2.05, 4.69) is 9.62 Å². The molecule has 0 aromatic heterocycles. The minimum Gasteiger partial charge on any atom is -0.492 e. The lowest BCUT2D eigenvalue weighted by molar-refractivity contribution is 0.328. The predicted molar refractivity (Wildman–Crippen MR) is 81.8 cm³/mol. The van der Waals surface area contributed by atoms with Crippen molar-refractivity contribution in [2.24, 2.45) is 5.73 Å². The average Bonchev–Trinajstić information content (AvgIpc) is 3.30. The lowest BCUT2D eigenvalue weighted by atomic mass is 10.3. The van der Waals surface area contributed by atoms with E-state index in [1.807, 2.05) is 7.05 Å². The molecule has 0 bridgehead atoms. The first-order valence-electron chi connectivity index (χ1n) is 7.16. The van der Waals surface area contributed by atoms with Crippen LogP contribution in [0.2, 0.25) is 0 Å². The van der Waals surface area contributed by atoms with Gasteiger partial charge in [0.15, 0.2) is 0 Å².